The van der Waals surface area contributed by atoms with Gasteiger partial charge in [0.15, 0.2) is 0 Å². The quantitative estimate of drug-likeness (QED) is 0.809. The van der Waals surface area contributed by atoms with E-state index in [0.717, 1.165) is 30.5 Å². The third-order valence-electron chi connectivity index (χ3n) is 4.03. The second-order valence-electron chi connectivity index (χ2n) is 5.58. The summed E-state index contributed by atoms with van der Waals surface area (Å²) in [5.74, 6) is -0.158. The summed E-state index contributed by atoms with van der Waals surface area (Å²) >= 11 is 0. The maximum absolute atomic E-state index is 13.5. The van der Waals surface area contributed by atoms with Crippen LogP contribution in [0.4, 0.5) is 4.39 Å². The van der Waals surface area contributed by atoms with E-state index in [4.69, 9.17) is 0 Å². The summed E-state index contributed by atoms with van der Waals surface area (Å²) in [5, 5.41) is 3.49. The molecular formula is C19H24FN. The fourth-order valence-electron chi connectivity index (χ4n) is 2.79. The van der Waals surface area contributed by atoms with Crippen molar-refractivity contribution in [1.82, 2.24) is 5.32 Å². The van der Waals surface area contributed by atoms with Crippen molar-refractivity contribution in [3.8, 4) is 0 Å². The Morgan fingerprint density at radius 2 is 1.81 bits per heavy atom. The maximum atomic E-state index is 13.5. The van der Waals surface area contributed by atoms with Gasteiger partial charge in [0, 0.05) is 6.04 Å². The van der Waals surface area contributed by atoms with Gasteiger partial charge in [-0.05, 0) is 67.6 Å². The van der Waals surface area contributed by atoms with Crippen molar-refractivity contribution in [3.05, 3.63) is 70.5 Å². The lowest BCUT2D eigenvalue weighted by atomic mass is 9.94. The van der Waals surface area contributed by atoms with Crippen LogP contribution in [0.25, 0.3) is 0 Å². The molecule has 0 spiro atoms. The van der Waals surface area contributed by atoms with E-state index in [9.17, 15) is 4.39 Å². The summed E-state index contributed by atoms with van der Waals surface area (Å²) in [4.78, 5) is 0. The molecule has 0 aliphatic carbocycles. The number of halogens is 1. The van der Waals surface area contributed by atoms with Gasteiger partial charge in [0.2, 0.25) is 0 Å². The van der Waals surface area contributed by atoms with Gasteiger partial charge in [-0.3, -0.25) is 0 Å². The first-order valence-electron chi connectivity index (χ1n) is 7.65. The molecule has 1 unspecified atom stereocenters. The lowest BCUT2D eigenvalue weighted by molar-refractivity contribution is 0.508. The number of rotatable bonds is 6. The van der Waals surface area contributed by atoms with Crippen LogP contribution in [0.5, 0.6) is 0 Å². The van der Waals surface area contributed by atoms with E-state index in [1.807, 2.05) is 13.0 Å². The van der Waals surface area contributed by atoms with E-state index >= 15 is 0 Å². The van der Waals surface area contributed by atoms with Gasteiger partial charge >= 0.3 is 0 Å². The number of benzene rings is 2. The maximum Gasteiger partial charge on any atom is 0.123 e. The molecule has 2 rings (SSSR count). The molecule has 0 aromatic heterocycles. The summed E-state index contributed by atoms with van der Waals surface area (Å²) in [5.41, 5.74) is 4.91. The lowest BCUT2D eigenvalue weighted by Crippen LogP contribution is -2.22. The van der Waals surface area contributed by atoms with Crippen molar-refractivity contribution >= 4 is 0 Å². The topological polar surface area (TPSA) is 12.0 Å². The Hall–Kier alpha value is -1.67. The van der Waals surface area contributed by atoms with Crippen molar-refractivity contribution < 1.29 is 4.39 Å². The Balaban J connectivity index is 2.16. The SMILES string of the molecule is CCNC(CCc1ccccc1C)c1cc(F)ccc1C. The molecule has 1 atom stereocenters. The fourth-order valence-corrected chi connectivity index (χ4v) is 2.79. The normalized spacial score (nSPS) is 12.4. The van der Waals surface area contributed by atoms with E-state index < -0.39 is 0 Å². The van der Waals surface area contributed by atoms with Crippen molar-refractivity contribution in [2.45, 2.75) is 39.7 Å². The summed E-state index contributed by atoms with van der Waals surface area (Å²) in [6.45, 7) is 7.17. The third kappa shape index (κ3) is 4.15. The number of hydrogen-bond donors (Lipinski definition) is 1. The van der Waals surface area contributed by atoms with Crippen LogP contribution in [0.1, 0.15) is 41.6 Å². The first-order chi connectivity index (χ1) is 10.1. The van der Waals surface area contributed by atoms with Crippen LogP contribution in [0.3, 0.4) is 0 Å². The van der Waals surface area contributed by atoms with E-state index in [1.54, 1.807) is 6.07 Å². The van der Waals surface area contributed by atoms with E-state index in [0.29, 0.717) is 0 Å². The minimum atomic E-state index is -0.158. The largest absolute Gasteiger partial charge is 0.310 e. The third-order valence-corrected chi connectivity index (χ3v) is 4.03. The van der Waals surface area contributed by atoms with Crippen LogP contribution in [-0.4, -0.2) is 6.54 Å². The zero-order valence-electron chi connectivity index (χ0n) is 13.1. The molecule has 0 radical (unpaired) electrons. The van der Waals surface area contributed by atoms with Gasteiger partial charge in [-0.1, -0.05) is 37.3 Å². The minimum absolute atomic E-state index is 0.158. The summed E-state index contributed by atoms with van der Waals surface area (Å²) in [6.07, 6.45) is 1.98. The van der Waals surface area contributed by atoms with Crippen molar-refractivity contribution in [1.29, 1.82) is 0 Å². The predicted molar refractivity (Wildman–Crippen MR) is 87.1 cm³/mol. The van der Waals surface area contributed by atoms with Crippen LogP contribution in [0, 0.1) is 19.7 Å². The molecule has 1 nitrogen and oxygen atoms in total. The highest BCUT2D eigenvalue weighted by Crippen LogP contribution is 2.24. The highest BCUT2D eigenvalue weighted by atomic mass is 19.1. The monoisotopic (exact) mass is 285 g/mol. The van der Waals surface area contributed by atoms with E-state index in [1.165, 1.54) is 17.2 Å². The van der Waals surface area contributed by atoms with Crippen LogP contribution in [0.15, 0.2) is 42.5 Å². The van der Waals surface area contributed by atoms with Gasteiger partial charge in [0.25, 0.3) is 0 Å². The molecule has 0 aliphatic rings. The van der Waals surface area contributed by atoms with E-state index in [-0.39, 0.29) is 11.9 Å². The second kappa shape index (κ2) is 7.37. The average molecular weight is 285 g/mol. The average Bonchev–Trinajstić information content (AvgIpc) is 2.48. The highest BCUT2D eigenvalue weighted by molar-refractivity contribution is 5.31. The standard InChI is InChI=1S/C19H24FN/c1-4-21-19(18-13-17(20)11-9-15(18)3)12-10-16-8-6-5-7-14(16)2/h5-9,11,13,19,21H,4,10,12H2,1-3H3. The number of hydrogen-bond acceptors (Lipinski definition) is 1. The second-order valence-corrected chi connectivity index (χ2v) is 5.58. The Morgan fingerprint density at radius 3 is 2.52 bits per heavy atom. The smallest absolute Gasteiger partial charge is 0.123 e. The first-order valence-corrected chi connectivity index (χ1v) is 7.65. The van der Waals surface area contributed by atoms with E-state index in [2.05, 4.69) is 43.4 Å². The van der Waals surface area contributed by atoms with Gasteiger partial charge < -0.3 is 5.32 Å². The molecule has 2 heteroatoms. The van der Waals surface area contributed by atoms with Crippen molar-refractivity contribution in [2.24, 2.45) is 0 Å². The Bertz CT molecular complexity index is 592. The zero-order valence-corrected chi connectivity index (χ0v) is 13.1. The summed E-state index contributed by atoms with van der Waals surface area (Å²) < 4.78 is 13.5. The molecule has 2 aromatic carbocycles. The molecule has 0 bridgehead atoms. The molecular weight excluding hydrogens is 261 g/mol. The molecule has 0 heterocycles. The van der Waals surface area contributed by atoms with Gasteiger partial charge in [0.1, 0.15) is 5.82 Å². The molecule has 112 valence electrons. The fraction of sp³-hybridized carbons (Fsp3) is 0.368. The molecule has 0 aliphatic heterocycles. The van der Waals surface area contributed by atoms with Crippen LogP contribution in [-0.2, 0) is 6.42 Å². The Morgan fingerprint density at radius 1 is 1.05 bits per heavy atom. The van der Waals surface area contributed by atoms with Crippen molar-refractivity contribution in [3.63, 3.8) is 0 Å². The van der Waals surface area contributed by atoms with Gasteiger partial charge in [-0.15, -0.1) is 0 Å². The highest BCUT2D eigenvalue weighted by Gasteiger charge is 2.14. The number of aryl methyl sites for hydroxylation is 3. The molecule has 0 saturated carbocycles. The van der Waals surface area contributed by atoms with Gasteiger partial charge in [-0.2, -0.15) is 0 Å². The van der Waals surface area contributed by atoms with Gasteiger partial charge in [-0.25, -0.2) is 4.39 Å². The predicted octanol–water partition coefficient (Wildman–Crippen LogP) is 4.73. The number of nitrogens with one attached hydrogen (secondary N) is 1. The molecule has 0 amide bonds. The lowest BCUT2D eigenvalue weighted by Gasteiger charge is -2.21. The Labute approximate surface area is 127 Å². The molecule has 0 fully saturated rings. The zero-order chi connectivity index (χ0) is 15.2. The molecule has 21 heavy (non-hydrogen) atoms. The van der Waals surface area contributed by atoms with Crippen molar-refractivity contribution in [2.75, 3.05) is 6.54 Å². The van der Waals surface area contributed by atoms with Gasteiger partial charge in [0.05, 0.1) is 0 Å². The molecule has 1 N–H and O–H groups in total. The first kappa shape index (κ1) is 15.7. The van der Waals surface area contributed by atoms with Crippen LogP contribution in [0.2, 0.25) is 0 Å². The molecule has 2 aromatic rings. The summed E-state index contributed by atoms with van der Waals surface area (Å²) in [7, 11) is 0. The van der Waals surface area contributed by atoms with Crippen LogP contribution >= 0.6 is 0 Å². The van der Waals surface area contributed by atoms with Crippen LogP contribution < -0.4 is 5.32 Å². The minimum Gasteiger partial charge on any atom is -0.310 e. The summed E-state index contributed by atoms with van der Waals surface area (Å²) in [6, 6.07) is 13.7. The Kier molecular flexibility index (Phi) is 5.51. The molecule has 0 saturated heterocycles.